The van der Waals surface area contributed by atoms with Crippen molar-refractivity contribution in [3.63, 3.8) is 0 Å². The van der Waals surface area contributed by atoms with E-state index in [0.717, 1.165) is 11.1 Å². The highest BCUT2D eigenvalue weighted by Gasteiger charge is 2.12. The molecule has 2 rings (SSSR count). The van der Waals surface area contributed by atoms with Crippen molar-refractivity contribution in [2.45, 2.75) is 33.8 Å². The Kier molecular flexibility index (Phi) is 6.62. The predicted octanol–water partition coefficient (Wildman–Crippen LogP) is 4.64. The second-order valence-corrected chi connectivity index (χ2v) is 6.50. The second-order valence-electron chi connectivity index (χ2n) is 6.50. The van der Waals surface area contributed by atoms with Gasteiger partial charge in [-0.3, -0.25) is 4.79 Å². The summed E-state index contributed by atoms with van der Waals surface area (Å²) in [5, 5.41) is 12.2. The van der Waals surface area contributed by atoms with Gasteiger partial charge >= 0.3 is 0 Å². The fourth-order valence-electron chi connectivity index (χ4n) is 2.46. The molecule has 0 atom stereocenters. The van der Waals surface area contributed by atoms with Crippen LogP contribution in [-0.4, -0.2) is 19.1 Å². The largest absolute Gasteiger partial charge is 0.493 e. The van der Waals surface area contributed by atoms with Crippen LogP contribution in [0.3, 0.4) is 0 Å². The van der Waals surface area contributed by atoms with Crippen LogP contribution in [0.15, 0.2) is 42.0 Å². The van der Waals surface area contributed by atoms with Crippen LogP contribution in [0.4, 0.5) is 5.69 Å². The summed E-state index contributed by atoms with van der Waals surface area (Å²) in [6.07, 6.45) is 1.54. The lowest BCUT2D eigenvalue weighted by molar-refractivity contribution is -0.112. The maximum absolute atomic E-state index is 12.5. The van der Waals surface area contributed by atoms with Crippen LogP contribution >= 0.6 is 0 Å². The Labute approximate surface area is 160 Å². The SMILES string of the molecule is COc1cc(/C=C(\C#N)C(=O)Nc2ccc(C)c(C)c2)ccc1OC(C)C. The summed E-state index contributed by atoms with van der Waals surface area (Å²) in [5.74, 6) is 0.703. The van der Waals surface area contributed by atoms with E-state index in [4.69, 9.17) is 9.47 Å². The summed E-state index contributed by atoms with van der Waals surface area (Å²) >= 11 is 0. The molecular formula is C22H24N2O3. The summed E-state index contributed by atoms with van der Waals surface area (Å²) in [6, 6.07) is 12.9. The van der Waals surface area contributed by atoms with Crippen LogP contribution in [-0.2, 0) is 4.79 Å². The van der Waals surface area contributed by atoms with Crippen LogP contribution in [0.25, 0.3) is 6.08 Å². The van der Waals surface area contributed by atoms with E-state index in [0.29, 0.717) is 22.7 Å². The van der Waals surface area contributed by atoms with E-state index in [1.54, 1.807) is 25.3 Å². The van der Waals surface area contributed by atoms with Crippen LogP contribution in [0.5, 0.6) is 11.5 Å². The van der Waals surface area contributed by atoms with Crippen molar-refractivity contribution >= 4 is 17.7 Å². The number of hydrogen-bond donors (Lipinski definition) is 1. The number of aryl methyl sites for hydroxylation is 2. The topological polar surface area (TPSA) is 71.3 Å². The summed E-state index contributed by atoms with van der Waals surface area (Å²) in [5.41, 5.74) is 3.55. The minimum Gasteiger partial charge on any atom is -0.493 e. The molecule has 0 aliphatic rings. The molecule has 0 aromatic heterocycles. The molecule has 0 fully saturated rings. The highest BCUT2D eigenvalue weighted by Crippen LogP contribution is 2.29. The molecule has 1 N–H and O–H groups in total. The number of carbonyl (C=O) groups is 1. The quantitative estimate of drug-likeness (QED) is 0.598. The maximum Gasteiger partial charge on any atom is 0.266 e. The molecular weight excluding hydrogens is 340 g/mol. The van der Waals surface area contributed by atoms with E-state index in [-0.39, 0.29) is 11.7 Å². The van der Waals surface area contributed by atoms with Crippen LogP contribution < -0.4 is 14.8 Å². The molecule has 1 amide bonds. The number of methoxy groups -OCH3 is 1. The van der Waals surface area contributed by atoms with Crippen LogP contribution in [0.1, 0.15) is 30.5 Å². The van der Waals surface area contributed by atoms with E-state index >= 15 is 0 Å². The lowest BCUT2D eigenvalue weighted by atomic mass is 10.1. The number of hydrogen-bond acceptors (Lipinski definition) is 4. The Morgan fingerprint density at radius 1 is 1.11 bits per heavy atom. The summed E-state index contributed by atoms with van der Waals surface area (Å²) in [6.45, 7) is 7.83. The molecule has 5 nitrogen and oxygen atoms in total. The van der Waals surface area contributed by atoms with Gasteiger partial charge < -0.3 is 14.8 Å². The summed E-state index contributed by atoms with van der Waals surface area (Å²) in [4.78, 5) is 12.5. The normalized spacial score (nSPS) is 11.1. The van der Waals surface area contributed by atoms with Crippen molar-refractivity contribution in [2.75, 3.05) is 12.4 Å². The number of carbonyl (C=O) groups excluding carboxylic acids is 1. The Bertz CT molecular complexity index is 908. The van der Waals surface area contributed by atoms with Crippen molar-refractivity contribution in [3.05, 3.63) is 58.7 Å². The average Bonchev–Trinajstić information content (AvgIpc) is 2.63. The molecule has 27 heavy (non-hydrogen) atoms. The van der Waals surface area contributed by atoms with Crippen molar-refractivity contribution in [1.82, 2.24) is 0 Å². The number of nitrogens with zero attached hydrogens (tertiary/aromatic N) is 1. The number of rotatable bonds is 6. The smallest absolute Gasteiger partial charge is 0.266 e. The minimum atomic E-state index is -0.456. The van der Waals surface area contributed by atoms with Gasteiger partial charge in [-0.05, 0) is 74.7 Å². The molecule has 0 radical (unpaired) electrons. The molecule has 2 aromatic carbocycles. The highest BCUT2D eigenvalue weighted by molar-refractivity contribution is 6.09. The molecule has 0 heterocycles. The van der Waals surface area contributed by atoms with Gasteiger partial charge in [0.05, 0.1) is 13.2 Å². The zero-order valence-corrected chi connectivity index (χ0v) is 16.3. The van der Waals surface area contributed by atoms with Crippen LogP contribution in [0, 0.1) is 25.2 Å². The van der Waals surface area contributed by atoms with Gasteiger partial charge in [-0.1, -0.05) is 12.1 Å². The van der Waals surface area contributed by atoms with Gasteiger partial charge in [-0.2, -0.15) is 5.26 Å². The number of nitriles is 1. The second kappa shape index (κ2) is 8.91. The molecule has 0 spiro atoms. The number of anilines is 1. The van der Waals surface area contributed by atoms with Gasteiger partial charge in [0.15, 0.2) is 11.5 Å². The standard InChI is InChI=1S/C22H24N2O3/c1-14(2)27-20-9-7-17(12-21(20)26-5)11-18(13-23)22(25)24-19-8-6-15(3)16(4)10-19/h6-12,14H,1-5H3,(H,24,25)/b18-11+. The number of amides is 1. The first-order valence-corrected chi connectivity index (χ1v) is 8.69. The third kappa shape index (κ3) is 5.35. The monoisotopic (exact) mass is 364 g/mol. The Morgan fingerprint density at radius 2 is 1.85 bits per heavy atom. The summed E-state index contributed by atoms with van der Waals surface area (Å²) in [7, 11) is 1.55. The maximum atomic E-state index is 12.5. The lowest BCUT2D eigenvalue weighted by Gasteiger charge is -2.14. The van der Waals surface area contributed by atoms with Gasteiger partial charge in [0, 0.05) is 5.69 Å². The fourth-order valence-corrected chi connectivity index (χ4v) is 2.46. The van der Waals surface area contributed by atoms with Crippen molar-refractivity contribution in [1.29, 1.82) is 5.26 Å². The molecule has 0 bridgehead atoms. The van der Waals surface area contributed by atoms with E-state index < -0.39 is 5.91 Å². The van der Waals surface area contributed by atoms with E-state index in [1.807, 2.05) is 52.0 Å². The molecule has 0 saturated carbocycles. The van der Waals surface area contributed by atoms with Crippen molar-refractivity contribution in [2.24, 2.45) is 0 Å². The average molecular weight is 364 g/mol. The van der Waals surface area contributed by atoms with E-state index in [1.165, 1.54) is 6.08 Å². The van der Waals surface area contributed by atoms with Gasteiger partial charge in [0.1, 0.15) is 11.6 Å². The first kappa shape index (κ1) is 20.1. The first-order valence-electron chi connectivity index (χ1n) is 8.69. The molecule has 2 aromatic rings. The van der Waals surface area contributed by atoms with Gasteiger partial charge in [-0.25, -0.2) is 0 Å². The molecule has 0 aliphatic heterocycles. The zero-order valence-electron chi connectivity index (χ0n) is 16.3. The number of nitrogens with one attached hydrogen (secondary N) is 1. The van der Waals surface area contributed by atoms with Gasteiger partial charge in [0.2, 0.25) is 0 Å². The first-order chi connectivity index (χ1) is 12.8. The molecule has 0 saturated heterocycles. The van der Waals surface area contributed by atoms with E-state index in [9.17, 15) is 10.1 Å². The minimum absolute atomic E-state index is 0.00723. The lowest BCUT2D eigenvalue weighted by Crippen LogP contribution is -2.13. The fraction of sp³-hybridized carbons (Fsp3) is 0.273. The third-order valence-corrected chi connectivity index (χ3v) is 3.99. The van der Waals surface area contributed by atoms with Gasteiger partial charge in [-0.15, -0.1) is 0 Å². The van der Waals surface area contributed by atoms with Gasteiger partial charge in [0.25, 0.3) is 5.91 Å². The summed E-state index contributed by atoms with van der Waals surface area (Å²) < 4.78 is 11.0. The number of ether oxygens (including phenoxy) is 2. The highest BCUT2D eigenvalue weighted by atomic mass is 16.5. The zero-order chi connectivity index (χ0) is 20.0. The van der Waals surface area contributed by atoms with Crippen molar-refractivity contribution in [3.8, 4) is 17.6 Å². The molecule has 0 unspecified atom stereocenters. The van der Waals surface area contributed by atoms with E-state index in [2.05, 4.69) is 5.32 Å². The van der Waals surface area contributed by atoms with Crippen LogP contribution in [0.2, 0.25) is 0 Å². The predicted molar refractivity (Wildman–Crippen MR) is 107 cm³/mol. The van der Waals surface area contributed by atoms with Crippen molar-refractivity contribution < 1.29 is 14.3 Å². The third-order valence-electron chi connectivity index (χ3n) is 3.99. The molecule has 0 aliphatic carbocycles. The molecule has 140 valence electrons. The Balaban J connectivity index is 2.25. The molecule has 5 heteroatoms. The number of benzene rings is 2. The Hall–Kier alpha value is -3.26. The Morgan fingerprint density at radius 3 is 2.44 bits per heavy atom.